The predicted molar refractivity (Wildman–Crippen MR) is 86.7 cm³/mol. The van der Waals surface area contributed by atoms with Gasteiger partial charge in [0, 0.05) is 5.38 Å². The Kier molecular flexibility index (Phi) is 4.43. The number of aromatic nitrogens is 1. The average Bonchev–Trinajstić information content (AvgIpc) is 3.21. The van der Waals surface area contributed by atoms with E-state index in [0.717, 1.165) is 16.3 Å². The molecule has 6 heteroatoms. The number of methoxy groups -OCH3 is 1. The molecule has 0 aliphatic heterocycles. The Morgan fingerprint density at radius 1 is 1.26 bits per heavy atom. The highest BCUT2D eigenvalue weighted by Crippen LogP contribution is 2.32. The summed E-state index contributed by atoms with van der Waals surface area (Å²) in [5, 5.41) is 2.69. The fraction of sp³-hybridized carbons (Fsp3) is 0.176. The summed E-state index contributed by atoms with van der Waals surface area (Å²) < 4.78 is 15.8. The number of aryl methyl sites for hydroxylation is 1. The van der Waals surface area contributed by atoms with Crippen LogP contribution in [0.2, 0.25) is 0 Å². The molecule has 0 aliphatic rings. The first kappa shape index (κ1) is 15.3. The number of carbonyl (C=O) groups is 1. The Labute approximate surface area is 137 Å². The highest BCUT2D eigenvalue weighted by atomic mass is 32.1. The van der Waals surface area contributed by atoms with Gasteiger partial charge in [0.05, 0.1) is 18.4 Å². The molecule has 0 aliphatic carbocycles. The number of benzene rings is 1. The Hall–Kier alpha value is -2.60. The molecule has 2 heterocycles. The van der Waals surface area contributed by atoms with Crippen molar-refractivity contribution in [3.8, 4) is 16.3 Å². The molecular formula is C17H15NO4S. The number of hydrogen-bond donors (Lipinski definition) is 0. The smallest absolute Gasteiger partial charge is 0.374 e. The molecule has 0 saturated heterocycles. The van der Waals surface area contributed by atoms with E-state index in [4.69, 9.17) is 13.9 Å². The maximum absolute atomic E-state index is 11.8. The molecule has 0 saturated carbocycles. The summed E-state index contributed by atoms with van der Waals surface area (Å²) in [6.45, 7) is 1.88. The number of ether oxygens (including phenoxy) is 2. The zero-order chi connectivity index (χ0) is 16.2. The van der Waals surface area contributed by atoms with E-state index in [1.165, 1.54) is 11.3 Å². The Balaban J connectivity index is 1.69. The van der Waals surface area contributed by atoms with Gasteiger partial charge in [0.15, 0.2) is 0 Å². The zero-order valence-corrected chi connectivity index (χ0v) is 13.6. The number of hydrogen-bond acceptors (Lipinski definition) is 6. The molecule has 3 aromatic rings. The first-order chi connectivity index (χ1) is 11.2. The van der Waals surface area contributed by atoms with Gasteiger partial charge in [-0.05, 0) is 31.2 Å². The van der Waals surface area contributed by atoms with Crippen LogP contribution in [0.3, 0.4) is 0 Å². The van der Waals surface area contributed by atoms with E-state index >= 15 is 0 Å². The van der Waals surface area contributed by atoms with Gasteiger partial charge in [0.1, 0.15) is 23.1 Å². The Bertz CT molecular complexity index is 821. The number of para-hydroxylation sites is 1. The molecular weight excluding hydrogens is 314 g/mol. The maximum atomic E-state index is 11.8. The van der Waals surface area contributed by atoms with Crippen molar-refractivity contribution in [3.63, 3.8) is 0 Å². The van der Waals surface area contributed by atoms with Crippen LogP contribution in [0.4, 0.5) is 0 Å². The molecule has 0 fully saturated rings. The van der Waals surface area contributed by atoms with Crippen LogP contribution in [0.15, 0.2) is 46.2 Å². The third kappa shape index (κ3) is 3.43. The third-order valence-corrected chi connectivity index (χ3v) is 4.11. The first-order valence-corrected chi connectivity index (χ1v) is 7.86. The lowest BCUT2D eigenvalue weighted by Crippen LogP contribution is -2.04. The van der Waals surface area contributed by atoms with Gasteiger partial charge in [-0.25, -0.2) is 9.78 Å². The van der Waals surface area contributed by atoms with Crippen molar-refractivity contribution in [1.82, 2.24) is 4.98 Å². The van der Waals surface area contributed by atoms with Gasteiger partial charge in [-0.15, -0.1) is 11.3 Å². The van der Waals surface area contributed by atoms with Crippen LogP contribution in [0.1, 0.15) is 22.0 Å². The van der Waals surface area contributed by atoms with Gasteiger partial charge in [-0.3, -0.25) is 0 Å². The monoisotopic (exact) mass is 329 g/mol. The topological polar surface area (TPSA) is 61.6 Å². The number of thiazole rings is 1. The second kappa shape index (κ2) is 6.66. The lowest BCUT2D eigenvalue weighted by molar-refractivity contribution is 0.0430. The molecule has 1 aromatic carbocycles. The van der Waals surface area contributed by atoms with E-state index < -0.39 is 5.97 Å². The van der Waals surface area contributed by atoms with Crippen LogP contribution in [-0.2, 0) is 11.3 Å². The van der Waals surface area contributed by atoms with Gasteiger partial charge in [-0.1, -0.05) is 12.1 Å². The third-order valence-electron chi connectivity index (χ3n) is 3.18. The minimum absolute atomic E-state index is 0.101. The average molecular weight is 329 g/mol. The van der Waals surface area contributed by atoms with Crippen LogP contribution in [0.25, 0.3) is 10.6 Å². The van der Waals surface area contributed by atoms with Crippen molar-refractivity contribution in [3.05, 3.63) is 59.0 Å². The Morgan fingerprint density at radius 2 is 2.09 bits per heavy atom. The van der Waals surface area contributed by atoms with E-state index in [1.54, 1.807) is 26.2 Å². The van der Waals surface area contributed by atoms with E-state index in [-0.39, 0.29) is 12.4 Å². The second-order valence-electron chi connectivity index (χ2n) is 4.83. The molecule has 2 aromatic heterocycles. The lowest BCUT2D eigenvalue weighted by Gasteiger charge is -2.04. The molecule has 3 rings (SSSR count). The normalized spacial score (nSPS) is 10.5. The van der Waals surface area contributed by atoms with Gasteiger partial charge < -0.3 is 13.9 Å². The van der Waals surface area contributed by atoms with Gasteiger partial charge in [0.2, 0.25) is 5.76 Å². The van der Waals surface area contributed by atoms with Gasteiger partial charge in [0.25, 0.3) is 0 Å². The summed E-state index contributed by atoms with van der Waals surface area (Å²) in [6, 6.07) is 11.0. The van der Waals surface area contributed by atoms with Gasteiger partial charge >= 0.3 is 5.97 Å². The number of esters is 1. The molecule has 0 amide bonds. The van der Waals surface area contributed by atoms with Crippen LogP contribution < -0.4 is 4.74 Å². The standard InChI is InChI=1S/C17H15NO4S/c1-11-7-8-15(22-11)17(19)21-9-12-10-23-16(18-12)13-5-3-4-6-14(13)20-2/h3-8,10H,9H2,1-2H3. The van der Waals surface area contributed by atoms with E-state index in [0.29, 0.717) is 11.5 Å². The number of nitrogens with zero attached hydrogens (tertiary/aromatic N) is 1. The van der Waals surface area contributed by atoms with Crippen LogP contribution >= 0.6 is 11.3 Å². The minimum atomic E-state index is -0.495. The maximum Gasteiger partial charge on any atom is 0.374 e. The number of carbonyl (C=O) groups excluding carboxylic acids is 1. The molecule has 0 bridgehead atoms. The zero-order valence-electron chi connectivity index (χ0n) is 12.7. The van der Waals surface area contributed by atoms with Crippen molar-refractivity contribution in [2.75, 3.05) is 7.11 Å². The van der Waals surface area contributed by atoms with Gasteiger partial charge in [-0.2, -0.15) is 0 Å². The Morgan fingerprint density at radius 3 is 2.83 bits per heavy atom. The predicted octanol–water partition coefficient (Wildman–Crippen LogP) is 4.08. The molecule has 0 spiro atoms. The summed E-state index contributed by atoms with van der Waals surface area (Å²) in [5.74, 6) is 1.13. The molecule has 23 heavy (non-hydrogen) atoms. The second-order valence-corrected chi connectivity index (χ2v) is 5.69. The highest BCUT2D eigenvalue weighted by molar-refractivity contribution is 7.13. The summed E-state index contributed by atoms with van der Waals surface area (Å²) >= 11 is 1.48. The van der Waals surface area contributed by atoms with E-state index in [9.17, 15) is 4.79 Å². The van der Waals surface area contributed by atoms with Crippen LogP contribution in [-0.4, -0.2) is 18.1 Å². The molecule has 5 nitrogen and oxygen atoms in total. The molecule has 0 unspecified atom stereocenters. The van der Waals surface area contributed by atoms with Crippen LogP contribution in [0.5, 0.6) is 5.75 Å². The summed E-state index contributed by atoms with van der Waals surface area (Å²) in [4.78, 5) is 16.3. The van der Waals surface area contributed by atoms with Crippen LogP contribution in [0, 0.1) is 6.92 Å². The van der Waals surface area contributed by atoms with Crippen molar-refractivity contribution in [2.24, 2.45) is 0 Å². The fourth-order valence-electron chi connectivity index (χ4n) is 2.07. The van der Waals surface area contributed by atoms with E-state index in [1.807, 2.05) is 29.6 Å². The highest BCUT2D eigenvalue weighted by Gasteiger charge is 2.14. The molecule has 0 N–H and O–H groups in total. The molecule has 0 atom stereocenters. The number of rotatable bonds is 5. The largest absolute Gasteiger partial charge is 0.496 e. The number of furan rings is 1. The summed E-state index contributed by atoms with van der Waals surface area (Å²) in [7, 11) is 1.63. The summed E-state index contributed by atoms with van der Waals surface area (Å²) in [6.07, 6.45) is 0. The quantitative estimate of drug-likeness (QED) is 0.660. The van der Waals surface area contributed by atoms with Crippen molar-refractivity contribution in [2.45, 2.75) is 13.5 Å². The van der Waals surface area contributed by atoms with Crippen molar-refractivity contribution in [1.29, 1.82) is 0 Å². The summed E-state index contributed by atoms with van der Waals surface area (Å²) in [5.41, 5.74) is 1.60. The first-order valence-electron chi connectivity index (χ1n) is 6.98. The minimum Gasteiger partial charge on any atom is -0.496 e. The fourth-order valence-corrected chi connectivity index (χ4v) is 2.91. The van der Waals surface area contributed by atoms with E-state index in [2.05, 4.69) is 4.98 Å². The molecule has 0 radical (unpaired) electrons. The molecule has 118 valence electrons. The van der Waals surface area contributed by atoms with Crippen molar-refractivity contribution >= 4 is 17.3 Å². The SMILES string of the molecule is COc1ccccc1-c1nc(COC(=O)c2ccc(C)o2)cs1. The lowest BCUT2D eigenvalue weighted by atomic mass is 10.2. The van der Waals surface area contributed by atoms with Crippen molar-refractivity contribution < 1.29 is 18.7 Å².